The van der Waals surface area contributed by atoms with Gasteiger partial charge in [0, 0.05) is 49.2 Å². The van der Waals surface area contributed by atoms with Gasteiger partial charge in [-0.1, -0.05) is 6.07 Å². The molecule has 9 nitrogen and oxygen atoms in total. The van der Waals surface area contributed by atoms with Crippen LogP contribution in [-0.4, -0.2) is 56.1 Å². The van der Waals surface area contributed by atoms with Crippen molar-refractivity contribution in [2.24, 2.45) is 0 Å². The molecule has 0 aliphatic carbocycles. The predicted octanol–water partition coefficient (Wildman–Crippen LogP) is 2.27. The van der Waals surface area contributed by atoms with E-state index in [1.807, 2.05) is 30.3 Å². The van der Waals surface area contributed by atoms with Gasteiger partial charge in [0.25, 0.3) is 11.8 Å². The molecule has 9 heteroatoms. The number of carbonyl (C=O) groups excluding carboxylic acids is 3. The minimum atomic E-state index is -0.493. The van der Waals surface area contributed by atoms with Crippen molar-refractivity contribution in [1.29, 1.82) is 0 Å². The number of esters is 1. The molecular weight excluding hydrogens is 434 g/mol. The van der Waals surface area contributed by atoms with Gasteiger partial charge in [-0.3, -0.25) is 20.4 Å². The summed E-state index contributed by atoms with van der Waals surface area (Å²) in [6, 6.07) is 19.1. The number of nitrogens with one attached hydrogen (secondary N) is 2. The van der Waals surface area contributed by atoms with Crippen molar-refractivity contribution in [3.63, 3.8) is 0 Å². The van der Waals surface area contributed by atoms with Crippen molar-refractivity contribution < 1.29 is 19.1 Å². The molecule has 2 N–H and O–H groups in total. The van der Waals surface area contributed by atoms with Gasteiger partial charge >= 0.3 is 5.97 Å². The number of nitrogens with zero attached hydrogens (tertiary/aromatic N) is 3. The third-order valence-corrected chi connectivity index (χ3v) is 5.61. The topological polar surface area (TPSA) is 104 Å². The summed E-state index contributed by atoms with van der Waals surface area (Å²) in [5, 5.41) is 0. The smallest absolute Gasteiger partial charge is 0.337 e. The number of carbonyl (C=O) groups is 3. The lowest BCUT2D eigenvalue weighted by Gasteiger charge is -2.36. The Bertz CT molecular complexity index is 1140. The van der Waals surface area contributed by atoms with Gasteiger partial charge in [-0.2, -0.15) is 0 Å². The van der Waals surface area contributed by atoms with E-state index < -0.39 is 17.8 Å². The van der Waals surface area contributed by atoms with E-state index in [1.54, 1.807) is 18.3 Å². The fourth-order valence-electron chi connectivity index (χ4n) is 3.69. The zero-order valence-corrected chi connectivity index (χ0v) is 18.7. The number of benzene rings is 2. The fourth-order valence-corrected chi connectivity index (χ4v) is 3.69. The number of hydrogen-bond donors (Lipinski definition) is 2. The third-order valence-electron chi connectivity index (χ3n) is 5.61. The second kappa shape index (κ2) is 10.5. The van der Waals surface area contributed by atoms with E-state index >= 15 is 0 Å². The average Bonchev–Trinajstić information content (AvgIpc) is 2.92. The normalized spacial score (nSPS) is 13.2. The second-order valence-corrected chi connectivity index (χ2v) is 7.69. The molecule has 2 amide bonds. The summed E-state index contributed by atoms with van der Waals surface area (Å²) in [6.07, 6.45) is 1.80. The zero-order chi connectivity index (χ0) is 23.9. The maximum absolute atomic E-state index is 12.4. The molecule has 34 heavy (non-hydrogen) atoms. The summed E-state index contributed by atoms with van der Waals surface area (Å²) >= 11 is 0. The van der Waals surface area contributed by atoms with Gasteiger partial charge in [0.1, 0.15) is 5.82 Å². The van der Waals surface area contributed by atoms with Crippen molar-refractivity contribution in [3.8, 4) is 0 Å². The van der Waals surface area contributed by atoms with Crippen LogP contribution >= 0.6 is 0 Å². The molecule has 3 aromatic rings. The van der Waals surface area contributed by atoms with Crippen molar-refractivity contribution in [3.05, 3.63) is 89.6 Å². The van der Waals surface area contributed by atoms with Crippen LogP contribution in [0.5, 0.6) is 0 Å². The van der Waals surface area contributed by atoms with Gasteiger partial charge in [0.15, 0.2) is 0 Å². The zero-order valence-electron chi connectivity index (χ0n) is 18.7. The summed E-state index contributed by atoms with van der Waals surface area (Å²) < 4.78 is 4.63. The molecule has 1 fully saturated rings. The van der Waals surface area contributed by atoms with Crippen molar-refractivity contribution in [1.82, 2.24) is 15.8 Å². The van der Waals surface area contributed by atoms with Crippen LogP contribution in [0.2, 0.25) is 0 Å². The van der Waals surface area contributed by atoms with Gasteiger partial charge in [0.05, 0.1) is 12.7 Å². The first-order valence-electron chi connectivity index (χ1n) is 10.9. The molecule has 1 aromatic heterocycles. The molecule has 0 saturated carbocycles. The van der Waals surface area contributed by atoms with Gasteiger partial charge in [-0.05, 0) is 60.7 Å². The number of amides is 2. The van der Waals surface area contributed by atoms with Gasteiger partial charge in [-0.15, -0.1) is 0 Å². The minimum absolute atomic E-state index is 0.299. The number of rotatable bonds is 5. The number of ether oxygens (including phenoxy) is 1. The molecule has 174 valence electrons. The Balaban J connectivity index is 1.28. The fraction of sp³-hybridized carbons (Fsp3) is 0.200. The molecule has 0 unspecified atom stereocenters. The van der Waals surface area contributed by atoms with Crippen LogP contribution in [0.4, 0.5) is 11.5 Å². The number of aromatic nitrogens is 1. The highest BCUT2D eigenvalue weighted by Gasteiger charge is 2.18. The highest BCUT2D eigenvalue weighted by molar-refractivity contribution is 5.99. The first-order valence-corrected chi connectivity index (χ1v) is 10.9. The lowest BCUT2D eigenvalue weighted by atomic mass is 10.1. The number of hydrazine groups is 1. The summed E-state index contributed by atoms with van der Waals surface area (Å²) in [7, 11) is 1.29. The average molecular weight is 460 g/mol. The molecule has 0 atom stereocenters. The molecule has 0 bridgehead atoms. The quantitative estimate of drug-likeness (QED) is 0.446. The molecule has 1 aliphatic rings. The molecule has 2 heterocycles. The van der Waals surface area contributed by atoms with Gasteiger partial charge in [0.2, 0.25) is 0 Å². The monoisotopic (exact) mass is 459 g/mol. The number of anilines is 2. The van der Waals surface area contributed by atoms with E-state index in [1.165, 1.54) is 31.4 Å². The summed E-state index contributed by atoms with van der Waals surface area (Å²) in [5.41, 5.74) is 6.89. The number of pyridine rings is 1. The highest BCUT2D eigenvalue weighted by Crippen LogP contribution is 2.19. The lowest BCUT2D eigenvalue weighted by Crippen LogP contribution is -2.46. The van der Waals surface area contributed by atoms with E-state index in [0.717, 1.165) is 37.7 Å². The second-order valence-electron chi connectivity index (χ2n) is 7.69. The first-order chi connectivity index (χ1) is 16.5. The Morgan fingerprint density at radius 2 is 1.26 bits per heavy atom. The summed E-state index contributed by atoms with van der Waals surface area (Å²) in [5.74, 6) is -0.423. The van der Waals surface area contributed by atoms with Gasteiger partial charge in [-0.25, -0.2) is 9.78 Å². The maximum Gasteiger partial charge on any atom is 0.337 e. The predicted molar refractivity (Wildman–Crippen MR) is 128 cm³/mol. The molecule has 1 aliphatic heterocycles. The Morgan fingerprint density at radius 3 is 1.79 bits per heavy atom. The van der Waals surface area contributed by atoms with Crippen molar-refractivity contribution in [2.75, 3.05) is 43.1 Å². The van der Waals surface area contributed by atoms with Crippen LogP contribution in [0, 0.1) is 0 Å². The van der Waals surface area contributed by atoms with E-state index in [4.69, 9.17) is 0 Å². The van der Waals surface area contributed by atoms with Crippen molar-refractivity contribution in [2.45, 2.75) is 0 Å². The SMILES string of the molecule is COC(=O)c1ccc(C(=O)NNC(=O)c2ccc(N3CCN(c4ccccn4)CC3)cc2)cc1. The van der Waals surface area contributed by atoms with Crippen LogP contribution in [0.3, 0.4) is 0 Å². The Kier molecular flexibility index (Phi) is 7.02. The van der Waals surface area contributed by atoms with Crippen LogP contribution in [0.25, 0.3) is 0 Å². The van der Waals surface area contributed by atoms with E-state index in [0.29, 0.717) is 16.7 Å². The number of hydrogen-bond acceptors (Lipinski definition) is 7. The van der Waals surface area contributed by atoms with E-state index in [9.17, 15) is 14.4 Å². The molecule has 4 rings (SSSR count). The van der Waals surface area contributed by atoms with Crippen LogP contribution in [-0.2, 0) is 4.74 Å². The standard InChI is InChI=1S/C25H25N5O4/c1-34-25(33)20-7-5-18(6-8-20)23(31)27-28-24(32)19-9-11-21(12-10-19)29-14-16-30(17-15-29)22-4-2-3-13-26-22/h2-13H,14-17H2,1H3,(H,27,31)(H,28,32). The van der Waals surface area contributed by atoms with Crippen LogP contribution in [0.1, 0.15) is 31.1 Å². The number of piperazine rings is 1. The summed E-state index contributed by atoms with van der Waals surface area (Å²) in [4.78, 5) is 45.1. The molecule has 1 saturated heterocycles. The Hall–Kier alpha value is -4.40. The molecule has 2 aromatic carbocycles. The highest BCUT2D eigenvalue weighted by atomic mass is 16.5. The summed E-state index contributed by atoms with van der Waals surface area (Å²) in [6.45, 7) is 3.44. The first kappa shape index (κ1) is 22.8. The molecule has 0 spiro atoms. The molecular formula is C25H25N5O4. The third kappa shape index (κ3) is 5.32. The Morgan fingerprint density at radius 1 is 0.735 bits per heavy atom. The van der Waals surface area contributed by atoms with E-state index in [-0.39, 0.29) is 0 Å². The lowest BCUT2D eigenvalue weighted by molar-refractivity contribution is 0.0600. The Labute approximate surface area is 197 Å². The van der Waals surface area contributed by atoms with Gasteiger partial charge < -0.3 is 14.5 Å². The number of methoxy groups -OCH3 is 1. The molecule has 0 radical (unpaired) electrons. The van der Waals surface area contributed by atoms with Crippen LogP contribution in [0.15, 0.2) is 72.9 Å². The van der Waals surface area contributed by atoms with Crippen molar-refractivity contribution >= 4 is 29.3 Å². The maximum atomic E-state index is 12.4. The largest absolute Gasteiger partial charge is 0.465 e. The minimum Gasteiger partial charge on any atom is -0.465 e. The van der Waals surface area contributed by atoms with Crippen LogP contribution < -0.4 is 20.7 Å². The van der Waals surface area contributed by atoms with E-state index in [2.05, 4.69) is 30.4 Å².